The van der Waals surface area contributed by atoms with Crippen LogP contribution < -0.4 is 14.4 Å². The Morgan fingerprint density at radius 2 is 1.63 bits per heavy atom. The summed E-state index contributed by atoms with van der Waals surface area (Å²) >= 11 is 0. The lowest BCUT2D eigenvalue weighted by atomic mass is 10.0. The molecule has 0 atom stereocenters. The van der Waals surface area contributed by atoms with Crippen molar-refractivity contribution in [3.8, 4) is 22.8 Å². The number of aromatic nitrogens is 1. The molecule has 30 heavy (non-hydrogen) atoms. The van der Waals surface area contributed by atoms with E-state index in [0.717, 1.165) is 72.1 Å². The summed E-state index contributed by atoms with van der Waals surface area (Å²) in [5, 5.41) is 2.28. The van der Waals surface area contributed by atoms with Gasteiger partial charge in [-0.15, -0.1) is 24.8 Å². The van der Waals surface area contributed by atoms with Crippen molar-refractivity contribution in [1.29, 1.82) is 0 Å². The number of anilines is 1. The van der Waals surface area contributed by atoms with Gasteiger partial charge in [0.1, 0.15) is 17.3 Å². The van der Waals surface area contributed by atoms with E-state index < -0.39 is 0 Å². The van der Waals surface area contributed by atoms with Gasteiger partial charge in [0.05, 0.1) is 19.9 Å². The van der Waals surface area contributed by atoms with Crippen molar-refractivity contribution < 1.29 is 9.47 Å². The third-order valence-corrected chi connectivity index (χ3v) is 5.52. The van der Waals surface area contributed by atoms with Gasteiger partial charge in [-0.1, -0.05) is 25.1 Å². The molecule has 2 aromatic carbocycles. The van der Waals surface area contributed by atoms with Crippen LogP contribution in [0.1, 0.15) is 6.92 Å². The summed E-state index contributed by atoms with van der Waals surface area (Å²) in [4.78, 5) is 9.97. The highest BCUT2D eigenvalue weighted by molar-refractivity contribution is 5.96. The molecule has 0 amide bonds. The fraction of sp³-hybridized carbons (Fsp3) is 0.348. The van der Waals surface area contributed by atoms with Gasteiger partial charge in [0.2, 0.25) is 0 Å². The highest BCUT2D eigenvalue weighted by Gasteiger charge is 2.21. The fourth-order valence-electron chi connectivity index (χ4n) is 3.85. The quantitative estimate of drug-likeness (QED) is 0.553. The van der Waals surface area contributed by atoms with Crippen LogP contribution in [0.2, 0.25) is 0 Å². The molecule has 0 N–H and O–H groups in total. The lowest BCUT2D eigenvalue weighted by Gasteiger charge is -2.35. The number of methoxy groups -OCH3 is 2. The minimum Gasteiger partial charge on any atom is -0.497 e. The third kappa shape index (κ3) is 4.75. The number of hydrogen-bond acceptors (Lipinski definition) is 5. The topological polar surface area (TPSA) is 37.8 Å². The van der Waals surface area contributed by atoms with Crippen molar-refractivity contribution >= 4 is 41.4 Å². The molecule has 0 unspecified atom stereocenters. The maximum atomic E-state index is 5.58. The molecule has 3 aromatic rings. The molecule has 0 bridgehead atoms. The maximum absolute atomic E-state index is 5.58. The predicted octanol–water partition coefficient (Wildman–Crippen LogP) is 4.90. The van der Waals surface area contributed by atoms with Crippen LogP contribution in [0, 0.1) is 0 Å². The number of benzene rings is 2. The van der Waals surface area contributed by atoms with Crippen molar-refractivity contribution in [1.82, 2.24) is 9.88 Å². The molecular weight excluding hydrogens is 421 g/mol. The molecule has 0 aliphatic carbocycles. The monoisotopic (exact) mass is 449 g/mol. The van der Waals surface area contributed by atoms with E-state index in [4.69, 9.17) is 14.5 Å². The van der Waals surface area contributed by atoms with Crippen LogP contribution >= 0.6 is 24.8 Å². The number of halogens is 2. The van der Waals surface area contributed by atoms with Crippen LogP contribution in [0.3, 0.4) is 0 Å². The van der Waals surface area contributed by atoms with E-state index in [-0.39, 0.29) is 24.8 Å². The van der Waals surface area contributed by atoms with Gasteiger partial charge in [-0.2, -0.15) is 0 Å². The summed E-state index contributed by atoms with van der Waals surface area (Å²) in [5.41, 5.74) is 1.94. The first-order chi connectivity index (χ1) is 13.7. The molecule has 4 rings (SSSR count). The minimum absolute atomic E-state index is 0. The highest BCUT2D eigenvalue weighted by atomic mass is 35.5. The molecule has 0 spiro atoms. The number of piperazine rings is 1. The van der Waals surface area contributed by atoms with Crippen molar-refractivity contribution in [2.24, 2.45) is 0 Å². The normalized spacial score (nSPS) is 14.0. The Kier molecular flexibility index (Phi) is 8.59. The number of fused-ring (bicyclic) bond motifs is 1. The highest BCUT2D eigenvalue weighted by Crippen LogP contribution is 2.35. The second-order valence-electron chi connectivity index (χ2n) is 7.04. The van der Waals surface area contributed by atoms with Gasteiger partial charge < -0.3 is 19.3 Å². The summed E-state index contributed by atoms with van der Waals surface area (Å²) in [5.74, 6) is 2.71. The first kappa shape index (κ1) is 24.1. The zero-order valence-corrected chi connectivity index (χ0v) is 19.3. The number of para-hydroxylation sites is 1. The lowest BCUT2D eigenvalue weighted by Crippen LogP contribution is -2.46. The van der Waals surface area contributed by atoms with Crippen LogP contribution in [0.4, 0.5) is 5.82 Å². The van der Waals surface area contributed by atoms with E-state index in [0.29, 0.717) is 0 Å². The molecule has 7 heteroatoms. The summed E-state index contributed by atoms with van der Waals surface area (Å²) in [6, 6.07) is 16.4. The Morgan fingerprint density at radius 1 is 0.900 bits per heavy atom. The molecule has 5 nitrogen and oxygen atoms in total. The lowest BCUT2D eigenvalue weighted by molar-refractivity contribution is 0.271. The van der Waals surface area contributed by atoms with Gasteiger partial charge >= 0.3 is 0 Å². The fourth-order valence-corrected chi connectivity index (χ4v) is 3.85. The summed E-state index contributed by atoms with van der Waals surface area (Å²) in [6.45, 7) is 7.38. The van der Waals surface area contributed by atoms with Gasteiger partial charge in [0.15, 0.2) is 0 Å². The standard InChI is InChI=1S/C23H27N3O2.2ClH/c1-4-25-11-13-26(14-12-25)23-20-16-18(27-2)10-9-17(20)15-21(24-23)19-7-5-6-8-22(19)28-3;;/h5-10,15-16H,4,11-14H2,1-3H3;2*1H. The number of hydrogen-bond donors (Lipinski definition) is 0. The van der Waals surface area contributed by atoms with Crippen LogP contribution in [0.15, 0.2) is 48.5 Å². The van der Waals surface area contributed by atoms with E-state index in [1.54, 1.807) is 14.2 Å². The SMILES string of the molecule is CCN1CCN(c2nc(-c3ccccc3OC)cc3ccc(OC)cc23)CC1.Cl.Cl. The second-order valence-corrected chi connectivity index (χ2v) is 7.04. The Labute approximate surface area is 190 Å². The van der Waals surface area contributed by atoms with Gasteiger partial charge in [-0.05, 0) is 42.3 Å². The van der Waals surface area contributed by atoms with Crippen LogP contribution in [0.25, 0.3) is 22.0 Å². The Bertz CT molecular complexity index is 976. The molecule has 162 valence electrons. The number of nitrogens with zero attached hydrogens (tertiary/aromatic N) is 3. The molecule has 1 fully saturated rings. The molecule has 1 aromatic heterocycles. The number of ether oxygens (including phenoxy) is 2. The third-order valence-electron chi connectivity index (χ3n) is 5.52. The molecule has 1 aliphatic heterocycles. The Balaban J connectivity index is 0.00000160. The average molecular weight is 450 g/mol. The van der Waals surface area contributed by atoms with Gasteiger partial charge in [-0.3, -0.25) is 0 Å². The molecule has 0 radical (unpaired) electrons. The van der Waals surface area contributed by atoms with Crippen molar-refractivity contribution in [3.05, 3.63) is 48.5 Å². The number of likely N-dealkylation sites (N-methyl/N-ethyl adjacent to an activating group) is 1. The molecule has 1 aliphatic rings. The van der Waals surface area contributed by atoms with Crippen LogP contribution in [-0.4, -0.2) is 56.8 Å². The minimum atomic E-state index is 0. The largest absolute Gasteiger partial charge is 0.497 e. The first-order valence-corrected chi connectivity index (χ1v) is 9.83. The molecule has 2 heterocycles. The zero-order valence-electron chi connectivity index (χ0n) is 17.6. The van der Waals surface area contributed by atoms with E-state index in [1.165, 1.54) is 0 Å². The number of rotatable bonds is 5. The van der Waals surface area contributed by atoms with Gasteiger partial charge in [0.25, 0.3) is 0 Å². The Hall–Kier alpha value is -2.21. The maximum Gasteiger partial charge on any atom is 0.137 e. The smallest absolute Gasteiger partial charge is 0.137 e. The van der Waals surface area contributed by atoms with Gasteiger partial charge in [0, 0.05) is 37.1 Å². The zero-order chi connectivity index (χ0) is 19.5. The summed E-state index contributed by atoms with van der Waals surface area (Å²) in [7, 11) is 3.41. The molecular formula is C23H29Cl2N3O2. The van der Waals surface area contributed by atoms with Crippen LogP contribution in [0.5, 0.6) is 11.5 Å². The second kappa shape index (κ2) is 10.7. The summed E-state index contributed by atoms with van der Waals surface area (Å²) < 4.78 is 11.1. The van der Waals surface area contributed by atoms with E-state index in [1.807, 2.05) is 24.3 Å². The Morgan fingerprint density at radius 3 is 2.30 bits per heavy atom. The molecule has 0 saturated carbocycles. The van der Waals surface area contributed by atoms with E-state index >= 15 is 0 Å². The van der Waals surface area contributed by atoms with Crippen molar-refractivity contribution in [3.63, 3.8) is 0 Å². The average Bonchev–Trinajstić information content (AvgIpc) is 2.78. The van der Waals surface area contributed by atoms with E-state index in [2.05, 4.69) is 41.0 Å². The summed E-state index contributed by atoms with van der Waals surface area (Å²) in [6.07, 6.45) is 0. The molecule has 1 saturated heterocycles. The van der Waals surface area contributed by atoms with Crippen LogP contribution in [-0.2, 0) is 0 Å². The van der Waals surface area contributed by atoms with Gasteiger partial charge in [-0.25, -0.2) is 4.98 Å². The van der Waals surface area contributed by atoms with Crippen molar-refractivity contribution in [2.75, 3.05) is 51.8 Å². The first-order valence-electron chi connectivity index (χ1n) is 9.83. The predicted molar refractivity (Wildman–Crippen MR) is 129 cm³/mol. The number of pyridine rings is 1. The van der Waals surface area contributed by atoms with E-state index in [9.17, 15) is 0 Å². The van der Waals surface area contributed by atoms with Crippen molar-refractivity contribution in [2.45, 2.75) is 6.92 Å².